The molecule has 0 aliphatic heterocycles. The van der Waals surface area contributed by atoms with E-state index in [2.05, 4.69) is 15.5 Å². The first-order chi connectivity index (χ1) is 12.5. The van der Waals surface area contributed by atoms with Crippen molar-refractivity contribution in [3.63, 3.8) is 0 Å². The van der Waals surface area contributed by atoms with Gasteiger partial charge in [-0.05, 0) is 31.2 Å². The first kappa shape index (κ1) is 17.6. The number of carboxylic acid groups (broad SMARTS) is 1. The molecule has 0 unspecified atom stereocenters. The summed E-state index contributed by atoms with van der Waals surface area (Å²) in [5.74, 6) is -1.00. The highest BCUT2D eigenvalue weighted by atomic mass is 32.1. The van der Waals surface area contributed by atoms with E-state index in [4.69, 9.17) is 9.84 Å². The predicted molar refractivity (Wildman–Crippen MR) is 96.8 cm³/mol. The Morgan fingerprint density at radius 3 is 2.46 bits per heavy atom. The molecule has 0 spiro atoms. The minimum atomic E-state index is -1.17. The third-order valence-corrected chi connectivity index (χ3v) is 4.28. The Morgan fingerprint density at radius 2 is 1.77 bits per heavy atom. The molecule has 0 bridgehead atoms. The number of nitrogens with zero attached hydrogens (tertiary/aromatic N) is 2. The van der Waals surface area contributed by atoms with Gasteiger partial charge in [0.15, 0.2) is 5.01 Å². The van der Waals surface area contributed by atoms with E-state index >= 15 is 0 Å². The molecule has 1 amide bonds. The molecule has 2 N–H and O–H groups in total. The van der Waals surface area contributed by atoms with Gasteiger partial charge in [-0.15, -0.1) is 10.2 Å². The van der Waals surface area contributed by atoms with Crippen LogP contribution in [0.25, 0.3) is 0 Å². The van der Waals surface area contributed by atoms with Crippen molar-refractivity contribution in [1.82, 2.24) is 10.2 Å². The van der Waals surface area contributed by atoms with Crippen molar-refractivity contribution in [2.45, 2.75) is 13.5 Å². The number of aryl methyl sites for hydroxylation is 1. The van der Waals surface area contributed by atoms with Crippen LogP contribution in [0, 0.1) is 6.92 Å². The Labute approximate surface area is 153 Å². The van der Waals surface area contributed by atoms with Gasteiger partial charge in [-0.3, -0.25) is 10.1 Å². The van der Waals surface area contributed by atoms with E-state index in [1.54, 1.807) is 12.1 Å². The number of nitrogens with one attached hydrogen (secondary N) is 1. The Kier molecular flexibility index (Phi) is 5.23. The van der Waals surface area contributed by atoms with E-state index in [1.165, 1.54) is 23.5 Å². The summed E-state index contributed by atoms with van der Waals surface area (Å²) in [6.07, 6.45) is 0. The van der Waals surface area contributed by atoms with Crippen LogP contribution in [0.15, 0.2) is 48.5 Å². The highest BCUT2D eigenvalue weighted by molar-refractivity contribution is 7.15. The van der Waals surface area contributed by atoms with Gasteiger partial charge in [-0.25, -0.2) is 4.79 Å². The minimum absolute atomic E-state index is 0.0626. The van der Waals surface area contributed by atoms with E-state index in [-0.39, 0.29) is 22.9 Å². The number of rotatable bonds is 6. The summed E-state index contributed by atoms with van der Waals surface area (Å²) < 4.78 is 5.62. The molecule has 0 atom stereocenters. The van der Waals surface area contributed by atoms with Gasteiger partial charge in [0.05, 0.1) is 11.1 Å². The number of aromatic carboxylic acids is 1. The van der Waals surface area contributed by atoms with Gasteiger partial charge in [0.2, 0.25) is 5.13 Å². The molecule has 1 heterocycles. The zero-order chi connectivity index (χ0) is 18.5. The molecule has 0 aliphatic carbocycles. The first-order valence-corrected chi connectivity index (χ1v) is 8.50. The number of amides is 1. The monoisotopic (exact) mass is 369 g/mol. The van der Waals surface area contributed by atoms with Gasteiger partial charge in [0.25, 0.3) is 5.91 Å². The lowest BCUT2D eigenvalue weighted by Gasteiger charge is -2.04. The number of carbonyl (C=O) groups is 2. The summed E-state index contributed by atoms with van der Waals surface area (Å²) in [5.41, 5.74) is 1.13. The van der Waals surface area contributed by atoms with Crippen LogP contribution >= 0.6 is 11.3 Å². The van der Waals surface area contributed by atoms with Crippen molar-refractivity contribution in [3.05, 3.63) is 70.2 Å². The SMILES string of the molecule is Cc1ccc(OCc2nnc(NC(=O)c3ccccc3C(=O)O)s2)cc1. The molecule has 0 fully saturated rings. The van der Waals surface area contributed by atoms with Gasteiger partial charge in [0, 0.05) is 0 Å². The molecule has 0 radical (unpaired) electrons. The molecule has 8 heteroatoms. The Balaban J connectivity index is 1.64. The van der Waals surface area contributed by atoms with Crippen LogP contribution in [0.1, 0.15) is 31.3 Å². The Bertz CT molecular complexity index is 938. The quantitative estimate of drug-likeness (QED) is 0.691. The number of hydrogen-bond acceptors (Lipinski definition) is 6. The molecule has 0 saturated carbocycles. The highest BCUT2D eigenvalue weighted by Crippen LogP contribution is 2.20. The fourth-order valence-electron chi connectivity index (χ4n) is 2.17. The van der Waals surface area contributed by atoms with Gasteiger partial charge in [-0.1, -0.05) is 41.2 Å². The fourth-order valence-corrected chi connectivity index (χ4v) is 2.82. The van der Waals surface area contributed by atoms with Crippen molar-refractivity contribution in [2.75, 3.05) is 5.32 Å². The maximum absolute atomic E-state index is 12.3. The third kappa shape index (κ3) is 4.22. The second kappa shape index (κ2) is 7.75. The van der Waals surface area contributed by atoms with Gasteiger partial charge in [-0.2, -0.15) is 0 Å². The number of aromatic nitrogens is 2. The molecule has 0 saturated heterocycles. The molecule has 3 rings (SSSR count). The van der Waals surface area contributed by atoms with Crippen molar-refractivity contribution < 1.29 is 19.4 Å². The smallest absolute Gasteiger partial charge is 0.336 e. The van der Waals surface area contributed by atoms with Crippen molar-refractivity contribution >= 4 is 28.3 Å². The van der Waals surface area contributed by atoms with E-state index < -0.39 is 11.9 Å². The van der Waals surface area contributed by atoms with E-state index in [1.807, 2.05) is 31.2 Å². The number of benzene rings is 2. The van der Waals surface area contributed by atoms with Gasteiger partial charge >= 0.3 is 5.97 Å². The molecule has 7 nitrogen and oxygen atoms in total. The van der Waals surface area contributed by atoms with Crippen LogP contribution in [0.5, 0.6) is 5.75 Å². The van der Waals surface area contributed by atoms with Crippen molar-refractivity contribution in [3.8, 4) is 5.75 Å². The maximum atomic E-state index is 12.3. The topological polar surface area (TPSA) is 101 Å². The number of carbonyl (C=O) groups excluding carboxylic acids is 1. The average molecular weight is 369 g/mol. The molecule has 132 valence electrons. The molecule has 26 heavy (non-hydrogen) atoms. The van der Waals surface area contributed by atoms with E-state index in [0.717, 1.165) is 5.56 Å². The highest BCUT2D eigenvalue weighted by Gasteiger charge is 2.17. The molecular weight excluding hydrogens is 354 g/mol. The van der Waals surface area contributed by atoms with Crippen LogP contribution in [0.4, 0.5) is 5.13 Å². The second-order valence-corrected chi connectivity index (χ2v) is 6.47. The number of anilines is 1. The summed E-state index contributed by atoms with van der Waals surface area (Å²) in [6, 6.07) is 13.6. The molecule has 2 aromatic carbocycles. The molecule has 3 aromatic rings. The lowest BCUT2D eigenvalue weighted by atomic mass is 10.1. The summed E-state index contributed by atoms with van der Waals surface area (Å²) in [5, 5.41) is 20.4. The summed E-state index contributed by atoms with van der Waals surface area (Å²) in [6.45, 7) is 2.22. The molecular formula is C18H15N3O4S. The fraction of sp³-hybridized carbons (Fsp3) is 0.111. The van der Waals surface area contributed by atoms with Crippen LogP contribution in [0.2, 0.25) is 0 Å². The van der Waals surface area contributed by atoms with Crippen LogP contribution in [0.3, 0.4) is 0 Å². The van der Waals surface area contributed by atoms with Crippen molar-refractivity contribution in [2.24, 2.45) is 0 Å². The maximum Gasteiger partial charge on any atom is 0.336 e. The zero-order valence-electron chi connectivity index (χ0n) is 13.8. The number of carboxylic acids is 1. The third-order valence-electron chi connectivity index (χ3n) is 3.47. The number of ether oxygens (including phenoxy) is 1. The van der Waals surface area contributed by atoms with Crippen LogP contribution < -0.4 is 10.1 Å². The zero-order valence-corrected chi connectivity index (χ0v) is 14.6. The Hall–Kier alpha value is -3.26. The van der Waals surface area contributed by atoms with Gasteiger partial charge < -0.3 is 9.84 Å². The van der Waals surface area contributed by atoms with E-state index in [9.17, 15) is 9.59 Å². The average Bonchev–Trinajstić information content (AvgIpc) is 3.08. The summed E-state index contributed by atoms with van der Waals surface area (Å²) >= 11 is 1.17. The summed E-state index contributed by atoms with van der Waals surface area (Å²) in [7, 11) is 0. The molecule has 0 aliphatic rings. The summed E-state index contributed by atoms with van der Waals surface area (Å²) in [4.78, 5) is 23.5. The standard InChI is InChI=1S/C18H15N3O4S/c1-11-6-8-12(9-7-11)25-10-15-20-21-18(26-15)19-16(22)13-4-2-3-5-14(13)17(23)24/h2-9H,10H2,1H3,(H,23,24)(H,19,21,22). The largest absolute Gasteiger partial charge is 0.486 e. The van der Waals surface area contributed by atoms with Gasteiger partial charge in [0.1, 0.15) is 12.4 Å². The second-order valence-electron chi connectivity index (χ2n) is 5.41. The van der Waals surface area contributed by atoms with Crippen LogP contribution in [-0.2, 0) is 6.61 Å². The first-order valence-electron chi connectivity index (χ1n) is 7.68. The van der Waals surface area contributed by atoms with Crippen molar-refractivity contribution in [1.29, 1.82) is 0 Å². The number of hydrogen-bond donors (Lipinski definition) is 2. The van der Waals surface area contributed by atoms with Crippen LogP contribution in [-0.4, -0.2) is 27.2 Å². The van der Waals surface area contributed by atoms with E-state index in [0.29, 0.717) is 10.8 Å². The minimum Gasteiger partial charge on any atom is -0.486 e. The predicted octanol–water partition coefficient (Wildman–Crippen LogP) is 3.38. The lowest BCUT2D eigenvalue weighted by Crippen LogP contribution is -2.16. The lowest BCUT2D eigenvalue weighted by molar-refractivity contribution is 0.0692. The molecule has 1 aromatic heterocycles. The Morgan fingerprint density at radius 1 is 1.08 bits per heavy atom. The normalized spacial score (nSPS) is 10.3.